The Hall–Kier alpha value is -2.00. The van der Waals surface area contributed by atoms with Crippen LogP contribution in [0.5, 0.6) is 17.2 Å². The molecule has 0 amide bonds. The number of ether oxygens (including phenoxy) is 2. The molecule has 0 fully saturated rings. The molecule has 2 aromatic rings. The molecule has 3 heteroatoms. The third-order valence-electron chi connectivity index (χ3n) is 3.32. The predicted octanol–water partition coefficient (Wildman–Crippen LogP) is 4.21. The highest BCUT2D eigenvalue weighted by Gasteiger charge is 2.09. The van der Waals surface area contributed by atoms with Crippen molar-refractivity contribution in [1.82, 2.24) is 5.32 Å². The lowest BCUT2D eigenvalue weighted by Gasteiger charge is -2.15. The van der Waals surface area contributed by atoms with E-state index in [0.717, 1.165) is 41.5 Å². The van der Waals surface area contributed by atoms with E-state index in [9.17, 15) is 0 Å². The molecule has 0 saturated carbocycles. The molecule has 21 heavy (non-hydrogen) atoms. The third-order valence-corrected chi connectivity index (χ3v) is 3.32. The first-order chi connectivity index (χ1) is 10.1. The van der Waals surface area contributed by atoms with Crippen molar-refractivity contribution >= 4 is 0 Å². The van der Waals surface area contributed by atoms with Gasteiger partial charge in [-0.3, -0.25) is 0 Å². The first-order valence-electron chi connectivity index (χ1n) is 7.26. The summed E-state index contributed by atoms with van der Waals surface area (Å²) in [6.45, 7) is 7.95. The first-order valence-corrected chi connectivity index (χ1v) is 7.26. The Bertz CT molecular complexity index is 608. The zero-order valence-electron chi connectivity index (χ0n) is 13.2. The van der Waals surface area contributed by atoms with Crippen LogP contribution in [0, 0.1) is 13.8 Å². The van der Waals surface area contributed by atoms with Crippen LogP contribution in [-0.4, -0.2) is 13.7 Å². The average molecular weight is 285 g/mol. The lowest BCUT2D eigenvalue weighted by atomic mass is 10.1. The van der Waals surface area contributed by atoms with E-state index in [1.165, 1.54) is 5.56 Å². The fourth-order valence-corrected chi connectivity index (χ4v) is 2.18. The molecule has 0 aliphatic rings. The summed E-state index contributed by atoms with van der Waals surface area (Å²) in [6, 6.07) is 12.2. The molecule has 0 saturated heterocycles. The summed E-state index contributed by atoms with van der Waals surface area (Å²) < 4.78 is 11.5. The van der Waals surface area contributed by atoms with E-state index in [4.69, 9.17) is 9.47 Å². The van der Waals surface area contributed by atoms with Crippen molar-refractivity contribution < 1.29 is 9.47 Å². The minimum Gasteiger partial charge on any atom is -0.493 e. The molecule has 2 aromatic carbocycles. The molecule has 112 valence electrons. The minimum absolute atomic E-state index is 0.740. The van der Waals surface area contributed by atoms with Gasteiger partial charge in [-0.2, -0.15) is 0 Å². The zero-order valence-corrected chi connectivity index (χ0v) is 13.2. The van der Waals surface area contributed by atoms with Gasteiger partial charge in [0.05, 0.1) is 7.11 Å². The monoisotopic (exact) mass is 285 g/mol. The number of nitrogens with one attached hydrogen (secondary N) is 1. The van der Waals surface area contributed by atoms with E-state index in [0.29, 0.717) is 0 Å². The van der Waals surface area contributed by atoms with Gasteiger partial charge in [0, 0.05) is 12.1 Å². The molecule has 2 rings (SSSR count). The Balaban J connectivity index is 2.30. The Morgan fingerprint density at radius 3 is 2.24 bits per heavy atom. The maximum Gasteiger partial charge on any atom is 0.169 e. The Morgan fingerprint density at radius 2 is 1.57 bits per heavy atom. The molecule has 0 unspecified atom stereocenters. The molecule has 0 aliphatic carbocycles. The van der Waals surface area contributed by atoms with Gasteiger partial charge >= 0.3 is 0 Å². The van der Waals surface area contributed by atoms with Crippen LogP contribution in [0.4, 0.5) is 0 Å². The molecule has 0 aliphatic heterocycles. The maximum atomic E-state index is 6.07. The largest absolute Gasteiger partial charge is 0.493 e. The van der Waals surface area contributed by atoms with Crippen LogP contribution < -0.4 is 14.8 Å². The molecule has 0 heterocycles. The fourth-order valence-electron chi connectivity index (χ4n) is 2.18. The van der Waals surface area contributed by atoms with Crippen LogP contribution in [0.1, 0.15) is 23.6 Å². The van der Waals surface area contributed by atoms with E-state index in [1.54, 1.807) is 7.11 Å². The quantitative estimate of drug-likeness (QED) is 0.862. The molecule has 0 bridgehead atoms. The maximum absolute atomic E-state index is 6.07. The van der Waals surface area contributed by atoms with Crippen molar-refractivity contribution in [1.29, 1.82) is 0 Å². The molecule has 3 nitrogen and oxygen atoms in total. The van der Waals surface area contributed by atoms with Crippen molar-refractivity contribution in [2.75, 3.05) is 13.7 Å². The molecule has 0 radical (unpaired) electrons. The Labute approximate surface area is 126 Å². The van der Waals surface area contributed by atoms with E-state index >= 15 is 0 Å². The van der Waals surface area contributed by atoms with Gasteiger partial charge < -0.3 is 14.8 Å². The summed E-state index contributed by atoms with van der Waals surface area (Å²) in [4.78, 5) is 0. The predicted molar refractivity (Wildman–Crippen MR) is 86.4 cm³/mol. The van der Waals surface area contributed by atoms with Crippen LogP contribution in [0.2, 0.25) is 0 Å². The average Bonchev–Trinajstić information content (AvgIpc) is 2.48. The molecule has 0 atom stereocenters. The topological polar surface area (TPSA) is 30.5 Å². The number of aryl methyl sites for hydroxylation is 2. The van der Waals surface area contributed by atoms with Crippen molar-refractivity contribution in [3.8, 4) is 17.2 Å². The summed E-state index contributed by atoms with van der Waals surface area (Å²) in [5, 5.41) is 3.34. The standard InChI is InChI=1S/C18H23NO2/c1-5-19-12-15-10-13(2)6-8-16(15)21-17-9-7-14(3)11-18(17)20-4/h6-11,19H,5,12H2,1-4H3. The van der Waals surface area contributed by atoms with Gasteiger partial charge in [-0.15, -0.1) is 0 Å². The first kappa shape index (κ1) is 15.4. The zero-order chi connectivity index (χ0) is 15.2. The summed E-state index contributed by atoms with van der Waals surface area (Å²) >= 11 is 0. The fraction of sp³-hybridized carbons (Fsp3) is 0.333. The van der Waals surface area contributed by atoms with Crippen LogP contribution >= 0.6 is 0 Å². The smallest absolute Gasteiger partial charge is 0.169 e. The highest BCUT2D eigenvalue weighted by molar-refractivity contribution is 5.47. The molecular formula is C18H23NO2. The second-order valence-corrected chi connectivity index (χ2v) is 5.15. The number of methoxy groups -OCH3 is 1. The lowest BCUT2D eigenvalue weighted by molar-refractivity contribution is 0.377. The van der Waals surface area contributed by atoms with Crippen molar-refractivity contribution in [2.45, 2.75) is 27.3 Å². The van der Waals surface area contributed by atoms with Crippen LogP contribution in [0.15, 0.2) is 36.4 Å². The van der Waals surface area contributed by atoms with Crippen molar-refractivity contribution in [2.24, 2.45) is 0 Å². The Morgan fingerprint density at radius 1 is 0.905 bits per heavy atom. The molecule has 0 spiro atoms. The summed E-state index contributed by atoms with van der Waals surface area (Å²) in [6.07, 6.45) is 0. The SMILES string of the molecule is CCNCc1cc(C)ccc1Oc1ccc(C)cc1OC. The summed E-state index contributed by atoms with van der Waals surface area (Å²) in [5.74, 6) is 2.36. The van der Waals surface area contributed by atoms with Crippen LogP contribution in [-0.2, 0) is 6.54 Å². The molecule has 1 N–H and O–H groups in total. The van der Waals surface area contributed by atoms with Gasteiger partial charge in [0.25, 0.3) is 0 Å². The number of hydrogen-bond donors (Lipinski definition) is 1. The molecule has 0 aromatic heterocycles. The second-order valence-electron chi connectivity index (χ2n) is 5.15. The van der Waals surface area contributed by atoms with Crippen molar-refractivity contribution in [3.63, 3.8) is 0 Å². The van der Waals surface area contributed by atoms with E-state index < -0.39 is 0 Å². The summed E-state index contributed by atoms with van der Waals surface area (Å²) in [5.41, 5.74) is 3.53. The third kappa shape index (κ3) is 3.99. The van der Waals surface area contributed by atoms with Crippen LogP contribution in [0.25, 0.3) is 0 Å². The second kappa shape index (κ2) is 7.14. The molecular weight excluding hydrogens is 262 g/mol. The Kier molecular flexibility index (Phi) is 5.23. The minimum atomic E-state index is 0.740. The summed E-state index contributed by atoms with van der Waals surface area (Å²) in [7, 11) is 1.66. The van der Waals surface area contributed by atoms with Gasteiger partial charge in [-0.1, -0.05) is 30.7 Å². The van der Waals surface area contributed by atoms with Gasteiger partial charge in [-0.25, -0.2) is 0 Å². The van der Waals surface area contributed by atoms with E-state index in [2.05, 4.69) is 31.3 Å². The van der Waals surface area contributed by atoms with Gasteiger partial charge in [-0.05, 0) is 44.2 Å². The lowest BCUT2D eigenvalue weighted by Crippen LogP contribution is -2.12. The van der Waals surface area contributed by atoms with Gasteiger partial charge in [0.1, 0.15) is 5.75 Å². The van der Waals surface area contributed by atoms with E-state index in [-0.39, 0.29) is 0 Å². The highest BCUT2D eigenvalue weighted by atomic mass is 16.5. The number of rotatable bonds is 6. The number of benzene rings is 2. The van der Waals surface area contributed by atoms with Gasteiger partial charge in [0.15, 0.2) is 11.5 Å². The van der Waals surface area contributed by atoms with Crippen LogP contribution in [0.3, 0.4) is 0 Å². The highest BCUT2D eigenvalue weighted by Crippen LogP contribution is 2.34. The number of hydrogen-bond acceptors (Lipinski definition) is 3. The van der Waals surface area contributed by atoms with Crippen molar-refractivity contribution in [3.05, 3.63) is 53.1 Å². The van der Waals surface area contributed by atoms with Gasteiger partial charge in [0.2, 0.25) is 0 Å². The normalized spacial score (nSPS) is 10.5. The van der Waals surface area contributed by atoms with E-state index in [1.807, 2.05) is 31.2 Å².